The largest absolute Gasteiger partial charge is 0.450 e. The van der Waals surface area contributed by atoms with Crippen molar-refractivity contribution in [2.75, 3.05) is 6.61 Å². The van der Waals surface area contributed by atoms with Gasteiger partial charge in [0, 0.05) is 0 Å². The van der Waals surface area contributed by atoms with Gasteiger partial charge in [-0.2, -0.15) is 0 Å². The lowest BCUT2D eigenvalue weighted by Crippen LogP contribution is -2.35. The summed E-state index contributed by atoms with van der Waals surface area (Å²) >= 11 is 0. The predicted molar refractivity (Wildman–Crippen MR) is 61.9 cm³/mol. The first-order valence-electron chi connectivity index (χ1n) is 5.20. The molecule has 0 bridgehead atoms. The number of carbonyl (C=O) groups excluding carboxylic acids is 2. The van der Waals surface area contributed by atoms with Gasteiger partial charge in [0.15, 0.2) is 11.2 Å². The van der Waals surface area contributed by atoms with Crippen LogP contribution in [0.2, 0.25) is 0 Å². The quantitative estimate of drug-likeness (QED) is 0.613. The second-order valence-electron chi connectivity index (χ2n) is 3.37. The second-order valence-corrected chi connectivity index (χ2v) is 3.37. The molecule has 0 radical (unpaired) electrons. The standard InChI is InChI=1S/C9H9N5O5/c1-2-19-9(18)13-8(17)14-3-10-4-5(14)11-7(16)12-6(4)15/h3H,2H2,1H3,(H,13,17,18)(H2,11,12,15,16). The number of rotatable bonds is 1. The number of aromatic amines is 2. The summed E-state index contributed by atoms with van der Waals surface area (Å²) in [5, 5.41) is 1.90. The number of hydrogen-bond donors (Lipinski definition) is 3. The lowest BCUT2D eigenvalue weighted by molar-refractivity contribution is 0.153. The van der Waals surface area contributed by atoms with Gasteiger partial charge < -0.3 is 4.74 Å². The summed E-state index contributed by atoms with van der Waals surface area (Å²) in [4.78, 5) is 53.2. The molecule has 2 heterocycles. The number of H-pyrrole nitrogens is 2. The maximum atomic E-state index is 11.7. The summed E-state index contributed by atoms with van der Waals surface area (Å²) in [6.07, 6.45) is 0.0613. The van der Waals surface area contributed by atoms with Gasteiger partial charge in [0.2, 0.25) is 0 Å². The van der Waals surface area contributed by atoms with E-state index in [1.807, 2.05) is 10.3 Å². The van der Waals surface area contributed by atoms with Crippen molar-refractivity contribution in [2.45, 2.75) is 6.92 Å². The zero-order chi connectivity index (χ0) is 14.0. The van der Waals surface area contributed by atoms with E-state index >= 15 is 0 Å². The molecule has 0 aliphatic carbocycles. The number of ether oxygens (including phenoxy) is 1. The van der Waals surface area contributed by atoms with E-state index in [4.69, 9.17) is 0 Å². The molecule has 2 aromatic heterocycles. The highest BCUT2D eigenvalue weighted by atomic mass is 16.5. The number of alkyl carbamates (subject to hydrolysis) is 1. The molecule has 0 saturated heterocycles. The van der Waals surface area contributed by atoms with Gasteiger partial charge in [-0.1, -0.05) is 0 Å². The summed E-state index contributed by atoms with van der Waals surface area (Å²) in [5.74, 6) is 0. The highest BCUT2D eigenvalue weighted by Crippen LogP contribution is 2.01. The minimum absolute atomic E-state index is 0.0975. The number of amides is 2. The maximum absolute atomic E-state index is 11.7. The average molecular weight is 267 g/mol. The van der Waals surface area contributed by atoms with Crippen LogP contribution in [0.15, 0.2) is 15.9 Å². The fraction of sp³-hybridized carbons (Fsp3) is 0.222. The fourth-order valence-electron chi connectivity index (χ4n) is 1.40. The number of nitrogens with zero attached hydrogens (tertiary/aromatic N) is 2. The third kappa shape index (κ3) is 2.36. The molecule has 100 valence electrons. The van der Waals surface area contributed by atoms with E-state index < -0.39 is 23.4 Å². The number of nitrogens with one attached hydrogen (secondary N) is 3. The Hall–Kier alpha value is -2.91. The third-order valence-electron chi connectivity index (χ3n) is 2.14. The van der Waals surface area contributed by atoms with Crippen LogP contribution in [0.3, 0.4) is 0 Å². The van der Waals surface area contributed by atoms with Gasteiger partial charge in [-0.3, -0.25) is 14.8 Å². The third-order valence-corrected chi connectivity index (χ3v) is 2.14. The van der Waals surface area contributed by atoms with E-state index in [0.29, 0.717) is 0 Å². The SMILES string of the molecule is CCOC(=O)NC(=O)n1cnc2c(=O)[nH]c(=O)[nH]c21. The van der Waals surface area contributed by atoms with Crippen molar-refractivity contribution in [1.29, 1.82) is 0 Å². The summed E-state index contributed by atoms with van der Waals surface area (Å²) in [7, 11) is 0. The molecule has 0 aromatic carbocycles. The molecule has 0 spiro atoms. The van der Waals surface area contributed by atoms with E-state index in [2.05, 4.69) is 14.7 Å². The fourth-order valence-corrected chi connectivity index (χ4v) is 1.40. The summed E-state index contributed by atoms with van der Waals surface area (Å²) in [6, 6.07) is -0.901. The van der Waals surface area contributed by atoms with Gasteiger partial charge in [0.25, 0.3) is 5.56 Å². The number of imidazole rings is 1. The lowest BCUT2D eigenvalue weighted by Gasteiger charge is -2.04. The lowest BCUT2D eigenvalue weighted by atomic mass is 10.5. The zero-order valence-corrected chi connectivity index (χ0v) is 9.72. The average Bonchev–Trinajstić information content (AvgIpc) is 2.72. The van der Waals surface area contributed by atoms with Crippen LogP contribution in [-0.4, -0.2) is 38.3 Å². The van der Waals surface area contributed by atoms with Gasteiger partial charge in [0.1, 0.15) is 6.33 Å². The molecule has 10 nitrogen and oxygen atoms in total. The minimum Gasteiger partial charge on any atom is -0.450 e. The Morgan fingerprint density at radius 2 is 2.16 bits per heavy atom. The molecule has 0 aliphatic heterocycles. The Kier molecular flexibility index (Phi) is 3.14. The van der Waals surface area contributed by atoms with Crippen molar-refractivity contribution in [3.05, 3.63) is 27.2 Å². The smallest absolute Gasteiger partial charge is 0.415 e. The summed E-state index contributed by atoms with van der Waals surface area (Å²) < 4.78 is 5.35. The predicted octanol–water partition coefficient (Wildman–Crippen LogP) is -0.873. The van der Waals surface area contributed by atoms with Gasteiger partial charge in [-0.05, 0) is 6.92 Å². The summed E-state index contributed by atoms with van der Waals surface area (Å²) in [5.41, 5.74) is -1.77. The number of carbonyl (C=O) groups is 2. The van der Waals surface area contributed by atoms with E-state index in [1.165, 1.54) is 0 Å². The Balaban J connectivity index is 2.41. The van der Waals surface area contributed by atoms with Crippen molar-refractivity contribution in [2.24, 2.45) is 0 Å². The molecule has 0 saturated carbocycles. The first kappa shape index (κ1) is 12.5. The van der Waals surface area contributed by atoms with Crippen molar-refractivity contribution >= 4 is 23.3 Å². The zero-order valence-electron chi connectivity index (χ0n) is 9.72. The molecule has 2 aromatic rings. The van der Waals surface area contributed by atoms with Gasteiger partial charge in [-0.15, -0.1) is 0 Å². The Labute approximate surface area is 104 Å². The molecule has 3 N–H and O–H groups in total. The normalized spacial score (nSPS) is 10.4. The number of hydrogen-bond acceptors (Lipinski definition) is 6. The van der Waals surface area contributed by atoms with Crippen LogP contribution in [0.25, 0.3) is 11.2 Å². The first-order valence-corrected chi connectivity index (χ1v) is 5.20. The van der Waals surface area contributed by atoms with Crippen LogP contribution >= 0.6 is 0 Å². The molecule has 0 unspecified atom stereocenters. The molecule has 19 heavy (non-hydrogen) atoms. The highest BCUT2D eigenvalue weighted by molar-refractivity contribution is 5.95. The minimum atomic E-state index is -0.943. The summed E-state index contributed by atoms with van der Waals surface area (Å²) in [6.45, 7) is 1.67. The molecule has 0 aliphatic rings. The van der Waals surface area contributed by atoms with E-state index in [9.17, 15) is 19.2 Å². The van der Waals surface area contributed by atoms with Crippen LogP contribution in [0.1, 0.15) is 6.92 Å². The van der Waals surface area contributed by atoms with E-state index in [1.54, 1.807) is 6.92 Å². The first-order chi connectivity index (χ1) is 9.02. The number of fused-ring (bicyclic) bond motifs is 1. The Bertz CT molecular complexity index is 754. The molecular formula is C9H9N5O5. The van der Waals surface area contributed by atoms with Crippen LogP contribution in [0.4, 0.5) is 9.59 Å². The van der Waals surface area contributed by atoms with Gasteiger partial charge in [-0.25, -0.2) is 29.3 Å². The van der Waals surface area contributed by atoms with Gasteiger partial charge >= 0.3 is 17.8 Å². The van der Waals surface area contributed by atoms with Crippen molar-refractivity contribution in [3.8, 4) is 0 Å². The molecular weight excluding hydrogens is 258 g/mol. The Morgan fingerprint density at radius 3 is 2.84 bits per heavy atom. The Morgan fingerprint density at radius 1 is 1.42 bits per heavy atom. The monoisotopic (exact) mass is 267 g/mol. The van der Waals surface area contributed by atoms with Crippen molar-refractivity contribution in [1.82, 2.24) is 24.8 Å². The number of aromatic nitrogens is 4. The maximum Gasteiger partial charge on any atom is 0.415 e. The van der Waals surface area contributed by atoms with Gasteiger partial charge in [0.05, 0.1) is 6.61 Å². The van der Waals surface area contributed by atoms with Crippen LogP contribution in [0.5, 0.6) is 0 Å². The van der Waals surface area contributed by atoms with E-state index in [-0.39, 0.29) is 17.8 Å². The molecule has 0 fully saturated rings. The molecule has 2 amide bonds. The second kappa shape index (κ2) is 4.76. The van der Waals surface area contributed by atoms with Crippen LogP contribution < -0.4 is 16.6 Å². The molecule has 0 atom stereocenters. The molecule has 10 heteroatoms. The van der Waals surface area contributed by atoms with Crippen LogP contribution in [0, 0.1) is 0 Å². The van der Waals surface area contributed by atoms with Crippen LogP contribution in [-0.2, 0) is 4.74 Å². The van der Waals surface area contributed by atoms with Crippen molar-refractivity contribution in [3.63, 3.8) is 0 Å². The number of imide groups is 1. The molecule has 2 rings (SSSR count). The van der Waals surface area contributed by atoms with E-state index in [0.717, 1.165) is 10.9 Å². The topological polar surface area (TPSA) is 139 Å². The van der Waals surface area contributed by atoms with Crippen molar-refractivity contribution < 1.29 is 14.3 Å². The highest BCUT2D eigenvalue weighted by Gasteiger charge is 2.15.